The molecule has 0 aromatic heterocycles. The molecule has 1 aliphatic rings. The zero-order valence-corrected chi connectivity index (χ0v) is 12.9. The van der Waals surface area contributed by atoms with E-state index < -0.39 is 16.1 Å². The van der Waals surface area contributed by atoms with Gasteiger partial charge < -0.3 is 5.32 Å². The lowest BCUT2D eigenvalue weighted by Gasteiger charge is -2.23. The average molecular weight is 314 g/mol. The molecule has 116 valence electrons. The van der Waals surface area contributed by atoms with Crippen molar-refractivity contribution in [2.45, 2.75) is 31.8 Å². The number of carbonyl (C=O) groups is 1. The first-order valence-corrected chi connectivity index (χ1v) is 8.66. The van der Waals surface area contributed by atoms with Gasteiger partial charge >= 0.3 is 0 Å². The first kappa shape index (κ1) is 15.9. The van der Waals surface area contributed by atoms with Crippen LogP contribution < -0.4 is 5.32 Å². The van der Waals surface area contributed by atoms with E-state index in [1.807, 2.05) is 0 Å². The summed E-state index contributed by atoms with van der Waals surface area (Å²) in [6.45, 7) is 2.16. The van der Waals surface area contributed by atoms with E-state index in [9.17, 15) is 17.6 Å². The summed E-state index contributed by atoms with van der Waals surface area (Å²) >= 11 is 0. The van der Waals surface area contributed by atoms with E-state index in [2.05, 4.69) is 5.32 Å². The fraction of sp³-hybridized carbons (Fsp3) is 0.500. The molecule has 1 N–H and O–H groups in total. The predicted octanol–water partition coefficient (Wildman–Crippen LogP) is 1.43. The van der Waals surface area contributed by atoms with Gasteiger partial charge in [-0.05, 0) is 37.5 Å². The quantitative estimate of drug-likeness (QED) is 0.914. The summed E-state index contributed by atoms with van der Waals surface area (Å²) in [6.07, 6.45) is 2.31. The molecule has 1 aromatic rings. The number of hydrogen-bond acceptors (Lipinski definition) is 3. The van der Waals surface area contributed by atoms with Crippen LogP contribution in [0.4, 0.5) is 4.39 Å². The third-order valence-corrected chi connectivity index (χ3v) is 4.95. The van der Waals surface area contributed by atoms with Crippen molar-refractivity contribution in [3.8, 4) is 0 Å². The maximum atomic E-state index is 12.9. The van der Waals surface area contributed by atoms with E-state index >= 15 is 0 Å². The minimum atomic E-state index is -3.38. The van der Waals surface area contributed by atoms with Crippen LogP contribution >= 0.6 is 0 Å². The molecule has 2 rings (SSSR count). The Hall–Kier alpha value is -1.47. The molecule has 1 aromatic carbocycles. The molecule has 21 heavy (non-hydrogen) atoms. The van der Waals surface area contributed by atoms with Crippen LogP contribution in [-0.4, -0.2) is 37.5 Å². The van der Waals surface area contributed by atoms with Crippen LogP contribution in [0, 0.1) is 5.82 Å². The van der Waals surface area contributed by atoms with Gasteiger partial charge in [-0.1, -0.05) is 12.1 Å². The first-order chi connectivity index (χ1) is 9.79. The summed E-state index contributed by atoms with van der Waals surface area (Å²) in [7, 11) is -3.38. The lowest BCUT2D eigenvalue weighted by molar-refractivity contribution is -0.124. The third kappa shape index (κ3) is 3.79. The average Bonchev–Trinajstić information content (AvgIpc) is 2.88. The zero-order chi connectivity index (χ0) is 15.6. The molecule has 0 bridgehead atoms. The minimum Gasteiger partial charge on any atom is -0.348 e. The molecule has 5 nitrogen and oxygen atoms in total. The highest BCUT2D eigenvalue weighted by molar-refractivity contribution is 7.88. The Kier molecular flexibility index (Phi) is 4.63. The van der Waals surface area contributed by atoms with Gasteiger partial charge in [0.2, 0.25) is 15.9 Å². The fourth-order valence-corrected chi connectivity index (χ4v) is 3.67. The van der Waals surface area contributed by atoms with Crippen LogP contribution in [0.1, 0.15) is 31.4 Å². The van der Waals surface area contributed by atoms with Crippen LogP contribution in [-0.2, 0) is 14.8 Å². The maximum Gasteiger partial charge on any atom is 0.238 e. The second-order valence-corrected chi connectivity index (χ2v) is 7.25. The van der Waals surface area contributed by atoms with Crippen molar-refractivity contribution >= 4 is 15.9 Å². The van der Waals surface area contributed by atoms with Crippen molar-refractivity contribution in [3.63, 3.8) is 0 Å². The van der Waals surface area contributed by atoms with Crippen LogP contribution in [0.25, 0.3) is 0 Å². The van der Waals surface area contributed by atoms with Crippen molar-refractivity contribution in [2.75, 3.05) is 12.8 Å². The summed E-state index contributed by atoms with van der Waals surface area (Å²) in [5.74, 6) is -0.647. The topological polar surface area (TPSA) is 66.5 Å². The highest BCUT2D eigenvalue weighted by atomic mass is 32.2. The standard InChI is InChI=1S/C14H19FN2O3S/c1-10(11-5-7-12(15)8-6-11)16-14(18)13-4-3-9-17(13)21(2,19)20/h5-8,10,13H,3-4,9H2,1-2H3,(H,16,18)/t10-,13+/m0/s1. The number of carbonyl (C=O) groups excluding carboxylic acids is 1. The third-order valence-electron chi connectivity index (χ3n) is 3.66. The Bertz CT molecular complexity index is 616. The van der Waals surface area contributed by atoms with Gasteiger partial charge in [0.1, 0.15) is 11.9 Å². The molecule has 1 saturated heterocycles. The summed E-state index contributed by atoms with van der Waals surface area (Å²) in [5, 5.41) is 2.79. The monoisotopic (exact) mass is 314 g/mol. The second-order valence-electron chi connectivity index (χ2n) is 5.31. The lowest BCUT2D eigenvalue weighted by Crippen LogP contribution is -2.46. The van der Waals surface area contributed by atoms with E-state index in [-0.39, 0.29) is 17.8 Å². The minimum absolute atomic E-state index is 0.305. The molecule has 2 atom stereocenters. The number of benzene rings is 1. The van der Waals surface area contributed by atoms with Crippen LogP contribution in [0.2, 0.25) is 0 Å². The summed E-state index contributed by atoms with van der Waals surface area (Å²) in [5.41, 5.74) is 0.772. The summed E-state index contributed by atoms with van der Waals surface area (Å²) in [4.78, 5) is 12.3. The molecule has 1 aliphatic heterocycles. The fourth-order valence-electron chi connectivity index (χ4n) is 2.54. The zero-order valence-electron chi connectivity index (χ0n) is 12.0. The van der Waals surface area contributed by atoms with Gasteiger partial charge in [0.25, 0.3) is 0 Å². The number of nitrogens with zero attached hydrogens (tertiary/aromatic N) is 1. The summed E-state index contributed by atoms with van der Waals surface area (Å²) in [6, 6.07) is 4.90. The highest BCUT2D eigenvalue weighted by Crippen LogP contribution is 2.22. The van der Waals surface area contributed by atoms with Gasteiger partial charge in [0.05, 0.1) is 12.3 Å². The van der Waals surface area contributed by atoms with Crippen molar-refractivity contribution in [1.29, 1.82) is 0 Å². The largest absolute Gasteiger partial charge is 0.348 e. The Morgan fingerprint density at radius 3 is 2.57 bits per heavy atom. The molecule has 0 aliphatic carbocycles. The Morgan fingerprint density at radius 1 is 1.38 bits per heavy atom. The molecule has 1 heterocycles. The molecular weight excluding hydrogens is 295 g/mol. The van der Waals surface area contributed by atoms with E-state index in [0.29, 0.717) is 19.4 Å². The van der Waals surface area contributed by atoms with Crippen molar-refractivity contribution < 1.29 is 17.6 Å². The molecule has 0 unspecified atom stereocenters. The van der Waals surface area contributed by atoms with Gasteiger partial charge in [0.15, 0.2) is 0 Å². The number of rotatable bonds is 4. The lowest BCUT2D eigenvalue weighted by atomic mass is 10.1. The van der Waals surface area contributed by atoms with Gasteiger partial charge in [-0.2, -0.15) is 4.31 Å². The number of amides is 1. The maximum absolute atomic E-state index is 12.9. The van der Waals surface area contributed by atoms with E-state index in [4.69, 9.17) is 0 Å². The molecule has 0 spiro atoms. The number of halogens is 1. The Morgan fingerprint density at radius 2 is 2.00 bits per heavy atom. The van der Waals surface area contributed by atoms with Crippen LogP contribution in [0.5, 0.6) is 0 Å². The smallest absolute Gasteiger partial charge is 0.238 e. The highest BCUT2D eigenvalue weighted by Gasteiger charge is 2.36. The Labute approximate surface area is 124 Å². The van der Waals surface area contributed by atoms with E-state index in [1.54, 1.807) is 19.1 Å². The van der Waals surface area contributed by atoms with Crippen LogP contribution in [0.15, 0.2) is 24.3 Å². The molecule has 7 heteroatoms. The first-order valence-electron chi connectivity index (χ1n) is 6.81. The SMILES string of the molecule is C[C@H](NC(=O)[C@H]1CCCN1S(C)(=O)=O)c1ccc(F)cc1. The van der Waals surface area contributed by atoms with Gasteiger partial charge in [-0.3, -0.25) is 4.79 Å². The van der Waals surface area contributed by atoms with Gasteiger partial charge in [-0.25, -0.2) is 12.8 Å². The normalized spacial score (nSPS) is 21.2. The van der Waals surface area contributed by atoms with E-state index in [1.165, 1.54) is 16.4 Å². The van der Waals surface area contributed by atoms with Gasteiger partial charge in [-0.15, -0.1) is 0 Å². The Balaban J connectivity index is 2.05. The molecule has 0 saturated carbocycles. The molecule has 0 radical (unpaired) electrons. The number of hydrogen-bond donors (Lipinski definition) is 1. The molecule has 1 amide bonds. The van der Waals surface area contributed by atoms with Crippen molar-refractivity contribution in [1.82, 2.24) is 9.62 Å². The predicted molar refractivity (Wildman–Crippen MR) is 77.5 cm³/mol. The van der Waals surface area contributed by atoms with E-state index in [0.717, 1.165) is 11.8 Å². The van der Waals surface area contributed by atoms with Crippen LogP contribution in [0.3, 0.4) is 0 Å². The number of nitrogens with one attached hydrogen (secondary N) is 1. The molecular formula is C14H19FN2O3S. The second kappa shape index (κ2) is 6.11. The summed E-state index contributed by atoms with van der Waals surface area (Å²) < 4.78 is 37.4. The van der Waals surface area contributed by atoms with Crippen molar-refractivity contribution in [3.05, 3.63) is 35.6 Å². The van der Waals surface area contributed by atoms with Crippen molar-refractivity contribution in [2.24, 2.45) is 0 Å². The molecule has 1 fully saturated rings. The number of sulfonamides is 1. The van der Waals surface area contributed by atoms with Gasteiger partial charge in [0, 0.05) is 6.54 Å².